The molecule has 0 amide bonds. The number of carboxylic acid groups (broad SMARTS) is 1. The molecule has 1 rings (SSSR count). The normalized spacial score (nSPS) is 12.2. The molecule has 1 aromatic rings. The molecule has 5 heteroatoms. The standard InChI is InChI=1S/C12H16BrNO3/c1-17-11-4-2-9(13)6-8(11)7-10(14)3-5-12(15)16/h2,4,6,10H,3,5,7,14H2,1H3,(H,15,16). The van der Waals surface area contributed by atoms with Crippen LogP contribution in [-0.4, -0.2) is 24.2 Å². The summed E-state index contributed by atoms with van der Waals surface area (Å²) in [5.74, 6) is -0.0411. The van der Waals surface area contributed by atoms with Crippen LogP contribution in [0.1, 0.15) is 18.4 Å². The minimum Gasteiger partial charge on any atom is -0.496 e. The average molecular weight is 302 g/mol. The number of ether oxygens (including phenoxy) is 1. The largest absolute Gasteiger partial charge is 0.496 e. The number of halogens is 1. The SMILES string of the molecule is COc1ccc(Br)cc1CC(N)CCC(=O)O. The Morgan fingerprint density at radius 2 is 2.29 bits per heavy atom. The third kappa shape index (κ3) is 4.75. The van der Waals surface area contributed by atoms with Crippen LogP contribution in [0.5, 0.6) is 5.75 Å². The third-order valence-electron chi connectivity index (χ3n) is 2.45. The molecule has 0 spiro atoms. The van der Waals surface area contributed by atoms with E-state index in [0.717, 1.165) is 15.8 Å². The molecule has 4 nitrogen and oxygen atoms in total. The zero-order valence-corrected chi connectivity index (χ0v) is 11.2. The fourth-order valence-corrected chi connectivity index (χ4v) is 2.01. The lowest BCUT2D eigenvalue weighted by molar-refractivity contribution is -0.137. The summed E-state index contributed by atoms with van der Waals surface area (Å²) in [6.07, 6.45) is 1.17. The Morgan fingerprint density at radius 3 is 2.88 bits per heavy atom. The molecule has 0 aliphatic carbocycles. The minimum atomic E-state index is -0.818. The van der Waals surface area contributed by atoms with Crippen LogP contribution in [0.4, 0.5) is 0 Å². The molecule has 0 aliphatic rings. The van der Waals surface area contributed by atoms with Crippen LogP contribution in [0.15, 0.2) is 22.7 Å². The zero-order valence-electron chi connectivity index (χ0n) is 9.65. The van der Waals surface area contributed by atoms with Crippen molar-refractivity contribution >= 4 is 21.9 Å². The molecule has 0 radical (unpaired) electrons. The average Bonchev–Trinajstić information content (AvgIpc) is 2.27. The van der Waals surface area contributed by atoms with Gasteiger partial charge in [-0.1, -0.05) is 15.9 Å². The highest BCUT2D eigenvalue weighted by atomic mass is 79.9. The lowest BCUT2D eigenvalue weighted by Gasteiger charge is -2.13. The molecule has 3 N–H and O–H groups in total. The van der Waals surface area contributed by atoms with Crippen LogP contribution < -0.4 is 10.5 Å². The fraction of sp³-hybridized carbons (Fsp3) is 0.417. The molecule has 17 heavy (non-hydrogen) atoms. The summed E-state index contributed by atoms with van der Waals surface area (Å²) in [4.78, 5) is 10.4. The Morgan fingerprint density at radius 1 is 1.59 bits per heavy atom. The van der Waals surface area contributed by atoms with E-state index < -0.39 is 5.97 Å². The van der Waals surface area contributed by atoms with Gasteiger partial charge in [-0.3, -0.25) is 4.79 Å². The molecule has 1 atom stereocenters. The van der Waals surface area contributed by atoms with Crippen molar-refractivity contribution in [2.24, 2.45) is 5.73 Å². The van der Waals surface area contributed by atoms with E-state index in [4.69, 9.17) is 15.6 Å². The van der Waals surface area contributed by atoms with Gasteiger partial charge in [-0.15, -0.1) is 0 Å². The van der Waals surface area contributed by atoms with E-state index in [1.165, 1.54) is 0 Å². The quantitative estimate of drug-likeness (QED) is 0.845. The van der Waals surface area contributed by atoms with Gasteiger partial charge < -0.3 is 15.6 Å². The summed E-state index contributed by atoms with van der Waals surface area (Å²) in [5, 5.41) is 8.59. The fourth-order valence-electron chi connectivity index (χ4n) is 1.60. The lowest BCUT2D eigenvalue weighted by atomic mass is 10.0. The molecule has 0 heterocycles. The Hall–Kier alpha value is -1.07. The van der Waals surface area contributed by atoms with Crippen LogP contribution in [0.3, 0.4) is 0 Å². The summed E-state index contributed by atoms with van der Waals surface area (Å²) in [5.41, 5.74) is 6.88. The van der Waals surface area contributed by atoms with Crippen molar-refractivity contribution in [3.05, 3.63) is 28.2 Å². The molecule has 1 unspecified atom stereocenters. The molecule has 0 aliphatic heterocycles. The van der Waals surface area contributed by atoms with E-state index >= 15 is 0 Å². The summed E-state index contributed by atoms with van der Waals surface area (Å²) in [7, 11) is 1.61. The van der Waals surface area contributed by atoms with Gasteiger partial charge >= 0.3 is 5.97 Å². The lowest BCUT2D eigenvalue weighted by Crippen LogP contribution is -2.24. The van der Waals surface area contributed by atoms with Gasteiger partial charge in [0.2, 0.25) is 0 Å². The maximum absolute atomic E-state index is 10.4. The topological polar surface area (TPSA) is 72.5 Å². The Bertz CT molecular complexity index is 395. The Kier molecular flexibility index (Phi) is 5.44. The first kappa shape index (κ1) is 14.0. The summed E-state index contributed by atoms with van der Waals surface area (Å²) < 4.78 is 6.19. The number of hydrogen-bond acceptors (Lipinski definition) is 3. The number of methoxy groups -OCH3 is 1. The zero-order chi connectivity index (χ0) is 12.8. The van der Waals surface area contributed by atoms with Crippen molar-refractivity contribution in [2.75, 3.05) is 7.11 Å². The van der Waals surface area contributed by atoms with Gasteiger partial charge in [-0.25, -0.2) is 0 Å². The number of nitrogens with two attached hydrogens (primary N) is 1. The molecule has 0 saturated heterocycles. The second-order valence-corrected chi connectivity index (χ2v) is 4.77. The highest BCUT2D eigenvalue weighted by Crippen LogP contribution is 2.24. The Balaban J connectivity index is 2.66. The van der Waals surface area contributed by atoms with E-state index in [-0.39, 0.29) is 12.5 Å². The molecule has 0 aromatic heterocycles. The summed E-state index contributed by atoms with van der Waals surface area (Å²) in [6.45, 7) is 0. The van der Waals surface area contributed by atoms with Crippen LogP contribution in [0.25, 0.3) is 0 Å². The van der Waals surface area contributed by atoms with E-state index in [2.05, 4.69) is 15.9 Å². The Labute approximate surface area is 109 Å². The number of hydrogen-bond donors (Lipinski definition) is 2. The van der Waals surface area contributed by atoms with E-state index in [9.17, 15) is 4.79 Å². The molecule has 0 saturated carbocycles. The number of carbonyl (C=O) groups is 1. The first-order chi connectivity index (χ1) is 8.02. The maximum atomic E-state index is 10.4. The monoisotopic (exact) mass is 301 g/mol. The van der Waals surface area contributed by atoms with Crippen molar-refractivity contribution in [3.63, 3.8) is 0 Å². The molecular formula is C12H16BrNO3. The second-order valence-electron chi connectivity index (χ2n) is 3.85. The first-order valence-electron chi connectivity index (χ1n) is 5.32. The summed E-state index contributed by atoms with van der Waals surface area (Å²) >= 11 is 3.39. The number of rotatable bonds is 6. The molecule has 1 aromatic carbocycles. The van der Waals surface area contributed by atoms with Crippen molar-refractivity contribution in [1.82, 2.24) is 0 Å². The van der Waals surface area contributed by atoms with Gasteiger partial charge in [0.15, 0.2) is 0 Å². The van der Waals surface area contributed by atoms with Gasteiger partial charge in [0.05, 0.1) is 7.11 Å². The van der Waals surface area contributed by atoms with Gasteiger partial charge in [-0.2, -0.15) is 0 Å². The molecule has 94 valence electrons. The predicted octanol–water partition coefficient (Wildman–Crippen LogP) is 2.19. The third-order valence-corrected chi connectivity index (χ3v) is 2.95. The molecular weight excluding hydrogens is 286 g/mol. The van der Waals surface area contributed by atoms with Crippen molar-refractivity contribution < 1.29 is 14.6 Å². The smallest absolute Gasteiger partial charge is 0.303 e. The van der Waals surface area contributed by atoms with Crippen molar-refractivity contribution in [3.8, 4) is 5.75 Å². The van der Waals surface area contributed by atoms with E-state index in [0.29, 0.717) is 12.8 Å². The number of carboxylic acids is 1. The highest BCUT2D eigenvalue weighted by molar-refractivity contribution is 9.10. The van der Waals surface area contributed by atoms with Crippen LogP contribution in [0.2, 0.25) is 0 Å². The van der Waals surface area contributed by atoms with Crippen LogP contribution in [0, 0.1) is 0 Å². The number of benzene rings is 1. The van der Waals surface area contributed by atoms with E-state index in [1.54, 1.807) is 7.11 Å². The highest BCUT2D eigenvalue weighted by Gasteiger charge is 2.10. The van der Waals surface area contributed by atoms with Gasteiger partial charge in [0.1, 0.15) is 5.75 Å². The van der Waals surface area contributed by atoms with Gasteiger partial charge in [0.25, 0.3) is 0 Å². The van der Waals surface area contributed by atoms with Gasteiger partial charge in [-0.05, 0) is 36.6 Å². The molecule has 0 fully saturated rings. The second kappa shape index (κ2) is 6.61. The maximum Gasteiger partial charge on any atom is 0.303 e. The summed E-state index contributed by atoms with van der Waals surface area (Å²) in [6, 6.07) is 5.53. The van der Waals surface area contributed by atoms with Crippen LogP contribution in [-0.2, 0) is 11.2 Å². The molecule has 0 bridgehead atoms. The van der Waals surface area contributed by atoms with Gasteiger partial charge in [0, 0.05) is 16.9 Å². The number of aliphatic carboxylic acids is 1. The van der Waals surface area contributed by atoms with E-state index in [1.807, 2.05) is 18.2 Å². The van der Waals surface area contributed by atoms with Crippen molar-refractivity contribution in [1.29, 1.82) is 0 Å². The van der Waals surface area contributed by atoms with Crippen LogP contribution >= 0.6 is 15.9 Å². The minimum absolute atomic E-state index is 0.0947. The first-order valence-corrected chi connectivity index (χ1v) is 6.12. The predicted molar refractivity (Wildman–Crippen MR) is 69.2 cm³/mol. The van der Waals surface area contributed by atoms with Crippen molar-refractivity contribution in [2.45, 2.75) is 25.3 Å².